The van der Waals surface area contributed by atoms with Crippen LogP contribution in [0.5, 0.6) is 5.75 Å². The van der Waals surface area contributed by atoms with Crippen molar-refractivity contribution in [3.63, 3.8) is 0 Å². The lowest BCUT2D eigenvalue weighted by Gasteiger charge is -2.27. The smallest absolute Gasteiger partial charge is 0.406 e. The SMILES string of the molecule is CCC(C)c1ccccc1C(CN(C)C(=O)CCl)NC.Cc1ccc(OC(F)(F)F)cc1. The number of rotatable bonds is 8. The molecule has 0 aromatic heterocycles. The summed E-state index contributed by atoms with van der Waals surface area (Å²) in [5.74, 6) is 0.303. The fourth-order valence-electron chi connectivity index (χ4n) is 3.06. The Balaban J connectivity index is 0.000000363. The summed E-state index contributed by atoms with van der Waals surface area (Å²) in [6.07, 6.45) is -3.50. The van der Waals surface area contributed by atoms with Crippen LogP contribution in [0.15, 0.2) is 48.5 Å². The minimum absolute atomic E-state index is 0.0277. The van der Waals surface area contributed by atoms with Crippen molar-refractivity contribution in [2.45, 2.75) is 45.5 Å². The molecular formula is C24H32ClF3N2O2. The predicted molar refractivity (Wildman–Crippen MR) is 123 cm³/mol. The van der Waals surface area contributed by atoms with Gasteiger partial charge in [0, 0.05) is 19.6 Å². The molecule has 0 aliphatic carbocycles. The maximum atomic E-state index is 11.6. The average molecular weight is 473 g/mol. The summed E-state index contributed by atoms with van der Waals surface area (Å²) in [6, 6.07) is 14.2. The van der Waals surface area contributed by atoms with E-state index in [1.165, 1.54) is 23.3 Å². The van der Waals surface area contributed by atoms with Gasteiger partial charge in [0.05, 0.1) is 0 Å². The highest BCUT2D eigenvalue weighted by Gasteiger charge is 2.30. The van der Waals surface area contributed by atoms with Gasteiger partial charge < -0.3 is 15.0 Å². The molecule has 2 unspecified atom stereocenters. The second-order valence-corrected chi connectivity index (χ2v) is 7.82. The first-order chi connectivity index (χ1) is 15.0. The third-order valence-corrected chi connectivity index (χ3v) is 5.34. The number of ether oxygens (including phenoxy) is 1. The normalized spacial score (nSPS) is 12.9. The monoisotopic (exact) mass is 472 g/mol. The lowest BCUT2D eigenvalue weighted by atomic mass is 9.90. The van der Waals surface area contributed by atoms with Crippen molar-refractivity contribution in [3.05, 3.63) is 65.2 Å². The number of benzene rings is 2. The molecular weight excluding hydrogens is 441 g/mol. The van der Waals surface area contributed by atoms with Gasteiger partial charge in [0.25, 0.3) is 0 Å². The maximum Gasteiger partial charge on any atom is 0.573 e. The lowest BCUT2D eigenvalue weighted by Crippen LogP contribution is -2.36. The van der Waals surface area contributed by atoms with Gasteiger partial charge in [-0.25, -0.2) is 0 Å². The van der Waals surface area contributed by atoms with Crippen molar-refractivity contribution < 1.29 is 22.7 Å². The van der Waals surface area contributed by atoms with Crippen LogP contribution in [0.2, 0.25) is 0 Å². The van der Waals surface area contributed by atoms with Crippen LogP contribution < -0.4 is 10.1 Å². The Morgan fingerprint density at radius 3 is 2.16 bits per heavy atom. The Hall–Kier alpha value is -2.25. The van der Waals surface area contributed by atoms with Gasteiger partial charge in [0.2, 0.25) is 5.91 Å². The van der Waals surface area contributed by atoms with Gasteiger partial charge >= 0.3 is 6.36 Å². The van der Waals surface area contributed by atoms with Gasteiger partial charge in [-0.1, -0.05) is 55.8 Å². The summed E-state index contributed by atoms with van der Waals surface area (Å²) in [6.45, 7) is 6.84. The van der Waals surface area contributed by atoms with E-state index < -0.39 is 6.36 Å². The van der Waals surface area contributed by atoms with E-state index in [1.807, 2.05) is 7.05 Å². The third-order valence-electron chi connectivity index (χ3n) is 5.11. The largest absolute Gasteiger partial charge is 0.573 e. The number of nitrogens with one attached hydrogen (secondary N) is 1. The van der Waals surface area contributed by atoms with Crippen LogP contribution in [0.1, 0.15) is 48.9 Å². The molecule has 2 atom stereocenters. The summed E-state index contributed by atoms with van der Waals surface area (Å²) in [7, 11) is 3.72. The van der Waals surface area contributed by atoms with Gasteiger partial charge in [0.1, 0.15) is 11.6 Å². The number of carbonyl (C=O) groups is 1. The quantitative estimate of drug-likeness (QED) is 0.475. The molecule has 0 heterocycles. The van der Waals surface area contributed by atoms with Gasteiger partial charge in [-0.2, -0.15) is 0 Å². The number of hydrogen-bond donors (Lipinski definition) is 1. The van der Waals surface area contributed by atoms with Crippen molar-refractivity contribution in [2.24, 2.45) is 0 Å². The molecule has 2 rings (SSSR count). The number of aryl methyl sites for hydroxylation is 1. The number of nitrogens with zero attached hydrogens (tertiary/aromatic N) is 1. The summed E-state index contributed by atoms with van der Waals surface area (Å²) >= 11 is 5.61. The van der Waals surface area contributed by atoms with E-state index in [1.54, 1.807) is 31.0 Å². The summed E-state index contributed by atoms with van der Waals surface area (Å²) in [5, 5.41) is 3.31. The van der Waals surface area contributed by atoms with Crippen LogP contribution in [0.3, 0.4) is 0 Å². The van der Waals surface area contributed by atoms with Gasteiger partial charge in [-0.05, 0) is 49.6 Å². The summed E-state index contributed by atoms with van der Waals surface area (Å²) in [5.41, 5.74) is 3.50. The molecule has 0 aliphatic heterocycles. The third kappa shape index (κ3) is 9.49. The standard InChI is InChI=1S/C16H25ClN2O.C8H7F3O/c1-5-12(2)13-8-6-7-9-14(13)15(18-3)11-19(4)16(20)10-17;1-6-2-4-7(5-3-6)12-8(9,10)11/h6-9,12,15,18H,5,10-11H2,1-4H3;2-5H,1H3. The van der Waals surface area contributed by atoms with Crippen molar-refractivity contribution in [1.29, 1.82) is 0 Å². The van der Waals surface area contributed by atoms with Crippen LogP contribution in [0, 0.1) is 6.92 Å². The Morgan fingerprint density at radius 1 is 1.12 bits per heavy atom. The molecule has 2 aromatic carbocycles. The molecule has 1 N–H and O–H groups in total. The van der Waals surface area contributed by atoms with Crippen LogP contribution in [0.25, 0.3) is 0 Å². The van der Waals surface area contributed by atoms with Crippen molar-refractivity contribution in [3.8, 4) is 5.75 Å². The van der Waals surface area contributed by atoms with E-state index in [0.29, 0.717) is 12.5 Å². The number of hydrogen-bond acceptors (Lipinski definition) is 3. The highest BCUT2D eigenvalue weighted by molar-refractivity contribution is 6.27. The maximum absolute atomic E-state index is 11.6. The number of halogens is 4. The van der Waals surface area contributed by atoms with Crippen molar-refractivity contribution in [1.82, 2.24) is 10.2 Å². The zero-order valence-corrected chi connectivity index (χ0v) is 19.9. The molecule has 0 saturated carbocycles. The molecule has 178 valence electrons. The molecule has 0 bridgehead atoms. The Labute approximate surface area is 193 Å². The molecule has 0 aliphatic rings. The fourth-order valence-corrected chi connectivity index (χ4v) is 3.26. The molecule has 0 radical (unpaired) electrons. The van der Waals surface area contributed by atoms with E-state index in [4.69, 9.17) is 11.6 Å². The molecule has 0 spiro atoms. The van der Waals surface area contributed by atoms with Gasteiger partial charge in [-0.3, -0.25) is 4.79 Å². The van der Waals surface area contributed by atoms with E-state index in [-0.39, 0.29) is 23.6 Å². The van der Waals surface area contributed by atoms with Crippen LogP contribution in [-0.2, 0) is 4.79 Å². The molecule has 4 nitrogen and oxygen atoms in total. The fraction of sp³-hybridized carbons (Fsp3) is 0.458. The Kier molecular flexibility index (Phi) is 11.6. The average Bonchev–Trinajstić information content (AvgIpc) is 2.77. The first-order valence-corrected chi connectivity index (χ1v) is 10.9. The summed E-state index contributed by atoms with van der Waals surface area (Å²) < 4.78 is 38.5. The number of amides is 1. The number of likely N-dealkylation sites (N-methyl/N-ethyl adjacent to an activating group) is 2. The predicted octanol–water partition coefficient (Wildman–Crippen LogP) is 6.05. The van der Waals surface area contributed by atoms with Gasteiger partial charge in [0.15, 0.2) is 0 Å². The van der Waals surface area contributed by atoms with Crippen molar-refractivity contribution >= 4 is 17.5 Å². The summed E-state index contributed by atoms with van der Waals surface area (Å²) in [4.78, 5) is 13.3. The minimum Gasteiger partial charge on any atom is -0.406 e. The van der Waals surface area contributed by atoms with E-state index in [2.05, 4.69) is 48.2 Å². The minimum atomic E-state index is -4.60. The molecule has 8 heteroatoms. The highest BCUT2D eigenvalue weighted by Crippen LogP contribution is 2.27. The zero-order chi connectivity index (χ0) is 24.3. The molecule has 32 heavy (non-hydrogen) atoms. The van der Waals surface area contributed by atoms with Crippen molar-refractivity contribution in [2.75, 3.05) is 26.5 Å². The first kappa shape index (κ1) is 27.8. The van der Waals surface area contributed by atoms with E-state index in [9.17, 15) is 18.0 Å². The topological polar surface area (TPSA) is 41.6 Å². The van der Waals surface area contributed by atoms with Crippen LogP contribution in [0.4, 0.5) is 13.2 Å². The van der Waals surface area contributed by atoms with Gasteiger partial charge in [-0.15, -0.1) is 24.8 Å². The Bertz CT molecular complexity index is 829. The number of alkyl halides is 4. The number of carbonyl (C=O) groups excluding carboxylic acids is 1. The molecule has 1 amide bonds. The molecule has 0 fully saturated rings. The van der Waals surface area contributed by atoms with E-state index in [0.717, 1.165) is 12.0 Å². The lowest BCUT2D eigenvalue weighted by molar-refractivity contribution is -0.274. The zero-order valence-electron chi connectivity index (χ0n) is 19.2. The second-order valence-electron chi connectivity index (χ2n) is 7.55. The highest BCUT2D eigenvalue weighted by atomic mass is 35.5. The van der Waals surface area contributed by atoms with Crippen LogP contribution >= 0.6 is 11.6 Å². The second kappa shape index (κ2) is 13.3. The first-order valence-electron chi connectivity index (χ1n) is 10.4. The molecule has 2 aromatic rings. The van der Waals surface area contributed by atoms with E-state index >= 15 is 0 Å². The van der Waals surface area contributed by atoms with Crippen LogP contribution in [-0.4, -0.2) is 43.7 Å². The molecule has 0 saturated heterocycles. The Morgan fingerprint density at radius 2 is 1.69 bits per heavy atom.